The van der Waals surface area contributed by atoms with E-state index in [4.69, 9.17) is 0 Å². The summed E-state index contributed by atoms with van der Waals surface area (Å²) in [7, 11) is 0. The molecule has 0 aliphatic carbocycles. The molecule has 1 aliphatic rings. The second kappa shape index (κ2) is 7.47. The van der Waals surface area contributed by atoms with Crippen LogP contribution in [0.2, 0.25) is 0 Å². The zero-order valence-corrected chi connectivity index (χ0v) is 14.7. The lowest BCUT2D eigenvalue weighted by atomic mass is 9.96. The highest BCUT2D eigenvalue weighted by atomic mass is 16.2. The van der Waals surface area contributed by atoms with Crippen molar-refractivity contribution in [1.82, 2.24) is 15.2 Å². The van der Waals surface area contributed by atoms with Crippen LogP contribution in [0.15, 0.2) is 36.7 Å². The van der Waals surface area contributed by atoms with Crippen LogP contribution >= 0.6 is 0 Å². The van der Waals surface area contributed by atoms with Gasteiger partial charge in [-0.05, 0) is 36.5 Å². The number of nitrogens with one attached hydrogen (secondary N) is 1. The summed E-state index contributed by atoms with van der Waals surface area (Å²) in [6.07, 6.45) is 4.88. The first-order valence-corrected chi connectivity index (χ1v) is 8.59. The van der Waals surface area contributed by atoms with Crippen LogP contribution < -0.4 is 5.32 Å². The highest BCUT2D eigenvalue weighted by Gasteiger charge is 2.23. The Bertz CT molecular complexity index is 784. The molecule has 2 amide bonds. The Kier molecular flexibility index (Phi) is 5.12. The Morgan fingerprint density at radius 3 is 2.68 bits per heavy atom. The van der Waals surface area contributed by atoms with E-state index in [0.29, 0.717) is 31.6 Å². The van der Waals surface area contributed by atoms with Gasteiger partial charge in [-0.2, -0.15) is 0 Å². The summed E-state index contributed by atoms with van der Waals surface area (Å²) >= 11 is 0. The molecule has 1 aromatic carbocycles. The minimum Gasteiger partial charge on any atom is -0.352 e. The molecule has 1 aromatic heterocycles. The minimum absolute atomic E-state index is 0.0543. The average molecular weight is 337 g/mol. The maximum atomic E-state index is 12.5. The lowest BCUT2D eigenvalue weighted by Gasteiger charge is -2.28. The fourth-order valence-corrected chi connectivity index (χ4v) is 3.13. The first-order chi connectivity index (χ1) is 12.0. The van der Waals surface area contributed by atoms with Crippen molar-refractivity contribution < 1.29 is 9.59 Å². The van der Waals surface area contributed by atoms with Crippen molar-refractivity contribution in [1.29, 1.82) is 0 Å². The SMILES string of the molecule is CC(=O)N1CCc2c(cncc2C(=O)NCCc2ccc(C)cc2)C1. The fourth-order valence-electron chi connectivity index (χ4n) is 3.13. The highest BCUT2D eigenvalue weighted by Crippen LogP contribution is 2.21. The maximum Gasteiger partial charge on any atom is 0.253 e. The molecule has 5 nitrogen and oxygen atoms in total. The first kappa shape index (κ1) is 17.1. The molecule has 0 saturated carbocycles. The zero-order chi connectivity index (χ0) is 17.8. The molecule has 130 valence electrons. The average Bonchev–Trinajstić information content (AvgIpc) is 2.62. The number of hydrogen-bond acceptors (Lipinski definition) is 3. The van der Waals surface area contributed by atoms with E-state index in [1.54, 1.807) is 24.2 Å². The molecular formula is C20H23N3O2. The second-order valence-electron chi connectivity index (χ2n) is 6.51. The van der Waals surface area contributed by atoms with Crippen LogP contribution in [0.25, 0.3) is 0 Å². The molecule has 5 heteroatoms. The van der Waals surface area contributed by atoms with Crippen LogP contribution in [-0.2, 0) is 24.2 Å². The molecule has 0 radical (unpaired) electrons. The summed E-state index contributed by atoms with van der Waals surface area (Å²) < 4.78 is 0. The summed E-state index contributed by atoms with van der Waals surface area (Å²) in [5.74, 6) is -0.0358. The third kappa shape index (κ3) is 4.05. The Balaban J connectivity index is 1.64. The number of pyridine rings is 1. The van der Waals surface area contributed by atoms with Gasteiger partial charge in [-0.1, -0.05) is 29.8 Å². The van der Waals surface area contributed by atoms with Gasteiger partial charge in [0.2, 0.25) is 5.91 Å². The number of carbonyl (C=O) groups excluding carboxylic acids is 2. The summed E-state index contributed by atoms with van der Waals surface area (Å²) in [4.78, 5) is 30.1. The van der Waals surface area contributed by atoms with Gasteiger partial charge in [0, 0.05) is 39.0 Å². The third-order valence-corrected chi connectivity index (χ3v) is 4.65. The number of aryl methyl sites for hydroxylation is 1. The fraction of sp³-hybridized carbons (Fsp3) is 0.350. The van der Waals surface area contributed by atoms with Gasteiger partial charge in [-0.3, -0.25) is 14.6 Å². The molecule has 25 heavy (non-hydrogen) atoms. The van der Waals surface area contributed by atoms with Gasteiger partial charge in [0.25, 0.3) is 5.91 Å². The van der Waals surface area contributed by atoms with E-state index in [9.17, 15) is 9.59 Å². The lowest BCUT2D eigenvalue weighted by molar-refractivity contribution is -0.129. The van der Waals surface area contributed by atoms with Crippen molar-refractivity contribution >= 4 is 11.8 Å². The number of hydrogen-bond donors (Lipinski definition) is 1. The normalized spacial score (nSPS) is 13.3. The standard InChI is InChI=1S/C20H23N3O2/c1-14-3-5-16(6-4-14)7-9-22-20(25)19-12-21-11-17-13-23(15(2)24)10-8-18(17)19/h3-6,11-12H,7-10,13H2,1-2H3,(H,22,25). The monoisotopic (exact) mass is 337 g/mol. The van der Waals surface area contributed by atoms with E-state index < -0.39 is 0 Å². The molecule has 0 atom stereocenters. The topological polar surface area (TPSA) is 62.3 Å². The van der Waals surface area contributed by atoms with E-state index >= 15 is 0 Å². The molecule has 0 spiro atoms. The van der Waals surface area contributed by atoms with Crippen LogP contribution in [0, 0.1) is 6.92 Å². The van der Waals surface area contributed by atoms with E-state index in [2.05, 4.69) is 41.5 Å². The molecule has 1 N–H and O–H groups in total. The van der Waals surface area contributed by atoms with Crippen molar-refractivity contribution in [2.24, 2.45) is 0 Å². The van der Waals surface area contributed by atoms with Crippen molar-refractivity contribution in [3.05, 3.63) is 64.5 Å². The van der Waals surface area contributed by atoms with Gasteiger partial charge < -0.3 is 10.2 Å². The van der Waals surface area contributed by atoms with Crippen molar-refractivity contribution in [2.75, 3.05) is 13.1 Å². The third-order valence-electron chi connectivity index (χ3n) is 4.65. The number of carbonyl (C=O) groups is 2. The second-order valence-corrected chi connectivity index (χ2v) is 6.51. The lowest BCUT2D eigenvalue weighted by Crippen LogP contribution is -2.36. The van der Waals surface area contributed by atoms with Crippen LogP contribution in [0.1, 0.15) is 39.5 Å². The number of amides is 2. The Morgan fingerprint density at radius 1 is 1.20 bits per heavy atom. The van der Waals surface area contributed by atoms with Crippen molar-refractivity contribution in [3.8, 4) is 0 Å². The van der Waals surface area contributed by atoms with E-state index in [1.807, 2.05) is 0 Å². The Hall–Kier alpha value is -2.69. The smallest absolute Gasteiger partial charge is 0.253 e. The van der Waals surface area contributed by atoms with Crippen LogP contribution in [-0.4, -0.2) is 34.8 Å². The number of benzene rings is 1. The molecule has 0 fully saturated rings. The Labute approximate surface area is 148 Å². The zero-order valence-electron chi connectivity index (χ0n) is 14.7. The first-order valence-electron chi connectivity index (χ1n) is 8.59. The van der Waals surface area contributed by atoms with Crippen LogP contribution in [0.5, 0.6) is 0 Å². The quantitative estimate of drug-likeness (QED) is 0.931. The summed E-state index contributed by atoms with van der Waals surface area (Å²) in [5, 5.41) is 2.99. The maximum absolute atomic E-state index is 12.5. The molecule has 3 rings (SSSR count). The van der Waals surface area contributed by atoms with Gasteiger partial charge >= 0.3 is 0 Å². The summed E-state index contributed by atoms with van der Waals surface area (Å²) in [6.45, 7) is 5.40. The largest absolute Gasteiger partial charge is 0.352 e. The van der Waals surface area contributed by atoms with E-state index in [1.165, 1.54) is 11.1 Å². The highest BCUT2D eigenvalue weighted by molar-refractivity contribution is 5.95. The van der Waals surface area contributed by atoms with Crippen LogP contribution in [0.3, 0.4) is 0 Å². The molecule has 2 aromatic rings. The Morgan fingerprint density at radius 2 is 1.96 bits per heavy atom. The molecule has 2 heterocycles. The number of nitrogens with zero attached hydrogens (tertiary/aromatic N) is 2. The molecule has 1 aliphatic heterocycles. The van der Waals surface area contributed by atoms with Crippen molar-refractivity contribution in [2.45, 2.75) is 33.2 Å². The van der Waals surface area contributed by atoms with E-state index in [0.717, 1.165) is 17.5 Å². The predicted octanol–water partition coefficient (Wildman–Crippen LogP) is 2.27. The van der Waals surface area contributed by atoms with Gasteiger partial charge in [0.05, 0.1) is 5.56 Å². The minimum atomic E-state index is -0.0901. The van der Waals surface area contributed by atoms with Gasteiger partial charge in [0.1, 0.15) is 0 Å². The molecule has 0 unspecified atom stereocenters. The molecule has 0 saturated heterocycles. The van der Waals surface area contributed by atoms with Crippen molar-refractivity contribution in [3.63, 3.8) is 0 Å². The van der Waals surface area contributed by atoms with Gasteiger partial charge in [-0.15, -0.1) is 0 Å². The number of fused-ring (bicyclic) bond motifs is 1. The number of aromatic nitrogens is 1. The summed E-state index contributed by atoms with van der Waals surface area (Å²) in [6, 6.07) is 8.33. The van der Waals surface area contributed by atoms with E-state index in [-0.39, 0.29) is 11.8 Å². The van der Waals surface area contributed by atoms with Gasteiger partial charge in [0.15, 0.2) is 0 Å². The van der Waals surface area contributed by atoms with Gasteiger partial charge in [-0.25, -0.2) is 0 Å². The molecular weight excluding hydrogens is 314 g/mol. The predicted molar refractivity (Wildman–Crippen MR) is 96.2 cm³/mol. The number of rotatable bonds is 4. The summed E-state index contributed by atoms with van der Waals surface area (Å²) in [5.41, 5.74) is 5.04. The van der Waals surface area contributed by atoms with Crippen LogP contribution in [0.4, 0.5) is 0 Å². The molecule has 0 bridgehead atoms.